The summed E-state index contributed by atoms with van der Waals surface area (Å²) >= 11 is 0. The Kier molecular flexibility index (Phi) is 8.46. The molecule has 0 radical (unpaired) electrons. The van der Waals surface area contributed by atoms with Crippen LogP contribution in [0.5, 0.6) is 0 Å². The molecule has 0 aromatic heterocycles. The molecule has 0 spiro atoms. The molecular formula is C23H28. The molecule has 0 atom stereocenters. The molecule has 0 aliphatic carbocycles. The minimum atomic E-state index is 1.32. The zero-order valence-electron chi connectivity index (χ0n) is 15.0. The Morgan fingerprint density at radius 2 is 0.783 bits per heavy atom. The fourth-order valence-corrected chi connectivity index (χ4v) is 2.00. The van der Waals surface area contributed by atoms with Crippen LogP contribution in [0.15, 0.2) is 78.9 Å². The van der Waals surface area contributed by atoms with Gasteiger partial charge in [-0.2, -0.15) is 0 Å². The molecule has 0 amide bonds. The van der Waals surface area contributed by atoms with Gasteiger partial charge in [-0.05, 0) is 45.7 Å². The van der Waals surface area contributed by atoms with Crippen molar-refractivity contribution in [1.29, 1.82) is 0 Å². The average Bonchev–Trinajstić information content (AvgIpc) is 2.52. The first-order valence-electron chi connectivity index (χ1n) is 8.06. The van der Waals surface area contributed by atoms with Crippen LogP contribution in [0.4, 0.5) is 0 Å². The molecule has 0 aliphatic rings. The third-order valence-electron chi connectivity index (χ3n) is 3.54. The molecule has 0 nitrogen and oxygen atoms in total. The monoisotopic (exact) mass is 304 g/mol. The quantitative estimate of drug-likeness (QED) is 0.439. The molecule has 3 rings (SSSR count). The summed E-state index contributed by atoms with van der Waals surface area (Å²) in [6.07, 6.45) is 0. The first kappa shape index (κ1) is 18.7. The van der Waals surface area contributed by atoms with E-state index in [2.05, 4.69) is 95.3 Å². The van der Waals surface area contributed by atoms with Crippen molar-refractivity contribution in [1.82, 2.24) is 0 Å². The molecule has 3 aromatic rings. The molecule has 0 saturated heterocycles. The second-order valence-electron chi connectivity index (χ2n) is 5.90. The van der Waals surface area contributed by atoms with Crippen LogP contribution in [-0.4, -0.2) is 0 Å². The van der Waals surface area contributed by atoms with Gasteiger partial charge in [-0.3, -0.25) is 0 Å². The molecule has 3 aromatic carbocycles. The van der Waals surface area contributed by atoms with Crippen molar-refractivity contribution in [2.45, 2.75) is 34.6 Å². The Bertz CT molecular complexity index is 643. The Balaban J connectivity index is 0.000000173. The van der Waals surface area contributed by atoms with Crippen LogP contribution in [0.25, 0.3) is 0 Å². The van der Waals surface area contributed by atoms with E-state index in [9.17, 15) is 0 Å². The van der Waals surface area contributed by atoms with Crippen molar-refractivity contribution in [2.24, 2.45) is 0 Å². The van der Waals surface area contributed by atoms with E-state index in [1.807, 2.05) is 18.2 Å². The van der Waals surface area contributed by atoms with E-state index >= 15 is 0 Å². The first-order valence-corrected chi connectivity index (χ1v) is 8.06. The lowest BCUT2D eigenvalue weighted by atomic mass is 10.1. The Labute approximate surface area is 141 Å². The second-order valence-corrected chi connectivity index (χ2v) is 5.90. The number of hydrogen-bond donors (Lipinski definition) is 0. The van der Waals surface area contributed by atoms with Crippen LogP contribution in [0.1, 0.15) is 27.8 Å². The van der Waals surface area contributed by atoms with Crippen LogP contribution in [0, 0.1) is 34.6 Å². The molecule has 0 saturated carbocycles. The van der Waals surface area contributed by atoms with Gasteiger partial charge < -0.3 is 0 Å². The fourth-order valence-electron chi connectivity index (χ4n) is 2.00. The van der Waals surface area contributed by atoms with E-state index in [1.54, 1.807) is 0 Å². The summed E-state index contributed by atoms with van der Waals surface area (Å²) in [6, 6.07) is 27.1. The smallest absolute Gasteiger partial charge is 0.0395 e. The van der Waals surface area contributed by atoms with Crippen molar-refractivity contribution in [2.75, 3.05) is 0 Å². The molecule has 0 unspecified atom stereocenters. The lowest BCUT2D eigenvalue weighted by molar-refractivity contribution is 1.34. The normalized spacial score (nSPS) is 9.09. The highest BCUT2D eigenvalue weighted by Gasteiger charge is 1.84. The highest BCUT2D eigenvalue weighted by molar-refractivity contribution is 5.23. The van der Waals surface area contributed by atoms with Crippen molar-refractivity contribution in [3.63, 3.8) is 0 Å². The van der Waals surface area contributed by atoms with Gasteiger partial charge in [-0.15, -0.1) is 0 Å². The largest absolute Gasteiger partial charge is 0.0622 e. The van der Waals surface area contributed by atoms with E-state index in [0.717, 1.165) is 0 Å². The molecule has 0 bridgehead atoms. The summed E-state index contributed by atoms with van der Waals surface area (Å²) in [5, 5.41) is 0. The number of aryl methyl sites for hydroxylation is 5. The van der Waals surface area contributed by atoms with E-state index in [0.29, 0.717) is 0 Å². The molecule has 0 aliphatic heterocycles. The average molecular weight is 304 g/mol. The highest BCUT2D eigenvalue weighted by Crippen LogP contribution is 2.02. The zero-order valence-corrected chi connectivity index (χ0v) is 15.0. The molecular weight excluding hydrogens is 276 g/mol. The van der Waals surface area contributed by atoms with E-state index in [4.69, 9.17) is 0 Å². The van der Waals surface area contributed by atoms with Gasteiger partial charge in [0.2, 0.25) is 0 Å². The van der Waals surface area contributed by atoms with E-state index in [-0.39, 0.29) is 0 Å². The van der Waals surface area contributed by atoms with Gasteiger partial charge in [0, 0.05) is 0 Å². The standard InChI is InChI=1S/2C8H10.C7H8/c1-7-4-3-5-8(2)6-7;1-7-5-3-4-6-8(7)2;1-7-5-3-2-4-6-7/h2*3-6H,1-2H3;2-6H,1H3. The maximum Gasteiger partial charge on any atom is -0.0395 e. The van der Waals surface area contributed by atoms with Crippen molar-refractivity contribution >= 4 is 0 Å². The summed E-state index contributed by atoms with van der Waals surface area (Å²) in [5.74, 6) is 0. The van der Waals surface area contributed by atoms with Crippen LogP contribution < -0.4 is 0 Å². The van der Waals surface area contributed by atoms with Gasteiger partial charge in [0.05, 0.1) is 0 Å². The number of rotatable bonds is 0. The minimum Gasteiger partial charge on any atom is -0.0622 e. The Morgan fingerprint density at radius 1 is 0.391 bits per heavy atom. The lowest BCUT2D eigenvalue weighted by Gasteiger charge is -1.93. The highest BCUT2D eigenvalue weighted by atomic mass is 13.9. The van der Waals surface area contributed by atoms with Gasteiger partial charge in [0.25, 0.3) is 0 Å². The molecule has 23 heavy (non-hydrogen) atoms. The number of hydrogen-bond acceptors (Lipinski definition) is 0. The molecule has 0 heteroatoms. The summed E-state index contributed by atoms with van der Waals surface area (Å²) in [6.45, 7) is 10.5. The SMILES string of the molecule is Cc1cccc(C)c1.Cc1ccccc1.Cc1ccccc1C. The van der Waals surface area contributed by atoms with Crippen molar-refractivity contribution < 1.29 is 0 Å². The molecule has 0 fully saturated rings. The van der Waals surface area contributed by atoms with Gasteiger partial charge in [-0.1, -0.05) is 95.6 Å². The van der Waals surface area contributed by atoms with Crippen LogP contribution in [0.2, 0.25) is 0 Å². The summed E-state index contributed by atoms with van der Waals surface area (Å²) in [5.41, 5.74) is 6.73. The predicted octanol–water partition coefficient (Wildman–Crippen LogP) is 6.60. The van der Waals surface area contributed by atoms with Crippen LogP contribution >= 0.6 is 0 Å². The molecule has 120 valence electrons. The van der Waals surface area contributed by atoms with E-state index < -0.39 is 0 Å². The van der Waals surface area contributed by atoms with Gasteiger partial charge in [0.15, 0.2) is 0 Å². The topological polar surface area (TPSA) is 0 Å². The van der Waals surface area contributed by atoms with Crippen LogP contribution in [-0.2, 0) is 0 Å². The van der Waals surface area contributed by atoms with Crippen molar-refractivity contribution in [3.05, 3.63) is 107 Å². The second kappa shape index (κ2) is 10.4. The zero-order chi connectivity index (χ0) is 17.1. The fraction of sp³-hybridized carbons (Fsp3) is 0.217. The minimum absolute atomic E-state index is 1.32. The Hall–Kier alpha value is -2.34. The van der Waals surface area contributed by atoms with Gasteiger partial charge >= 0.3 is 0 Å². The lowest BCUT2D eigenvalue weighted by Crippen LogP contribution is -1.74. The third kappa shape index (κ3) is 8.63. The van der Waals surface area contributed by atoms with Gasteiger partial charge in [0.1, 0.15) is 0 Å². The summed E-state index contributed by atoms with van der Waals surface area (Å²) in [4.78, 5) is 0. The predicted molar refractivity (Wildman–Crippen MR) is 103 cm³/mol. The van der Waals surface area contributed by atoms with Gasteiger partial charge in [-0.25, -0.2) is 0 Å². The maximum absolute atomic E-state index is 2.17. The summed E-state index contributed by atoms with van der Waals surface area (Å²) in [7, 11) is 0. The summed E-state index contributed by atoms with van der Waals surface area (Å²) < 4.78 is 0. The molecule has 0 heterocycles. The Morgan fingerprint density at radius 3 is 1.04 bits per heavy atom. The maximum atomic E-state index is 2.17. The van der Waals surface area contributed by atoms with Crippen LogP contribution in [0.3, 0.4) is 0 Å². The first-order chi connectivity index (χ1) is 11.0. The molecule has 0 N–H and O–H groups in total. The third-order valence-corrected chi connectivity index (χ3v) is 3.54. The van der Waals surface area contributed by atoms with E-state index in [1.165, 1.54) is 27.8 Å². The number of benzene rings is 3. The van der Waals surface area contributed by atoms with Crippen molar-refractivity contribution in [3.8, 4) is 0 Å².